The number of nitrogens with zero attached hydrogens (tertiary/aromatic N) is 4. The molecule has 0 saturated carbocycles. The van der Waals surface area contributed by atoms with Crippen LogP contribution in [0.25, 0.3) is 5.65 Å². The molecule has 7 nitrogen and oxygen atoms in total. The summed E-state index contributed by atoms with van der Waals surface area (Å²) >= 11 is 0. The smallest absolute Gasteiger partial charge is 0.259 e. The Bertz CT molecular complexity index is 782. The number of aliphatic hydroxyl groups is 1. The maximum Gasteiger partial charge on any atom is 0.259 e. The Hall–Kier alpha value is -1.99. The highest BCUT2D eigenvalue weighted by molar-refractivity contribution is 5.99. The number of piperidine rings is 1. The standard InChI is InChI=1S/C18H24N4O3/c1-13-8-19-16-15(9-20-22(16)10-13)17(24)21-12-18(3-2-14(21)11-23)4-6-25-7-5-18/h8-10,14,23H,2-7,11-12H2,1H3/t14-/m1/s1. The van der Waals surface area contributed by atoms with Crippen LogP contribution in [-0.2, 0) is 4.74 Å². The number of ether oxygens (including phenoxy) is 1. The summed E-state index contributed by atoms with van der Waals surface area (Å²) in [5.74, 6) is -0.0871. The van der Waals surface area contributed by atoms with Crippen molar-refractivity contribution in [3.8, 4) is 0 Å². The molecule has 0 radical (unpaired) electrons. The lowest BCUT2D eigenvalue weighted by Gasteiger charge is -2.48. The average molecular weight is 344 g/mol. The number of aliphatic hydroxyl groups excluding tert-OH is 1. The molecule has 25 heavy (non-hydrogen) atoms. The summed E-state index contributed by atoms with van der Waals surface area (Å²) in [7, 11) is 0. The van der Waals surface area contributed by atoms with Gasteiger partial charge in [-0.25, -0.2) is 9.50 Å². The molecule has 0 aliphatic carbocycles. The molecular formula is C18H24N4O3. The van der Waals surface area contributed by atoms with Crippen LogP contribution in [0.4, 0.5) is 0 Å². The van der Waals surface area contributed by atoms with Crippen LogP contribution in [-0.4, -0.2) is 62.9 Å². The first kappa shape index (κ1) is 16.5. The fourth-order valence-electron chi connectivity index (χ4n) is 4.11. The van der Waals surface area contributed by atoms with Gasteiger partial charge in [0.1, 0.15) is 5.56 Å². The Kier molecular flexibility index (Phi) is 4.21. The topological polar surface area (TPSA) is 80.0 Å². The Morgan fingerprint density at radius 3 is 2.92 bits per heavy atom. The zero-order chi connectivity index (χ0) is 17.4. The van der Waals surface area contributed by atoms with Crippen LogP contribution < -0.4 is 0 Å². The largest absolute Gasteiger partial charge is 0.394 e. The number of amides is 1. The van der Waals surface area contributed by atoms with Crippen LogP contribution in [0.2, 0.25) is 0 Å². The first-order valence-corrected chi connectivity index (χ1v) is 8.91. The van der Waals surface area contributed by atoms with Crippen LogP contribution >= 0.6 is 0 Å². The van der Waals surface area contributed by atoms with Gasteiger partial charge in [0.2, 0.25) is 0 Å². The number of aromatic nitrogens is 3. The zero-order valence-corrected chi connectivity index (χ0v) is 14.5. The first-order chi connectivity index (χ1) is 12.1. The number of hydrogen-bond donors (Lipinski definition) is 1. The molecule has 0 bridgehead atoms. The summed E-state index contributed by atoms with van der Waals surface area (Å²) in [6.07, 6.45) is 9.00. The van der Waals surface area contributed by atoms with Crippen molar-refractivity contribution in [1.29, 1.82) is 0 Å². The molecule has 1 N–H and O–H groups in total. The lowest BCUT2D eigenvalue weighted by atomic mass is 9.72. The quantitative estimate of drug-likeness (QED) is 0.891. The van der Waals surface area contributed by atoms with Crippen molar-refractivity contribution in [3.63, 3.8) is 0 Å². The molecule has 1 atom stereocenters. The monoisotopic (exact) mass is 344 g/mol. The van der Waals surface area contributed by atoms with Crippen LogP contribution in [0.1, 0.15) is 41.6 Å². The summed E-state index contributed by atoms with van der Waals surface area (Å²) in [6, 6.07) is -0.138. The predicted molar refractivity (Wildman–Crippen MR) is 91.4 cm³/mol. The van der Waals surface area contributed by atoms with Gasteiger partial charge in [0.05, 0.1) is 18.8 Å². The van der Waals surface area contributed by atoms with Gasteiger partial charge in [0, 0.05) is 32.2 Å². The number of aryl methyl sites for hydroxylation is 1. The SMILES string of the molecule is Cc1cnc2c(C(=O)N3CC4(CCOCC4)CC[C@@H]3CO)cnn2c1. The van der Waals surface area contributed by atoms with E-state index in [-0.39, 0.29) is 24.0 Å². The lowest BCUT2D eigenvalue weighted by molar-refractivity contribution is -0.0435. The van der Waals surface area contributed by atoms with E-state index in [1.165, 1.54) is 0 Å². The summed E-state index contributed by atoms with van der Waals surface area (Å²) in [4.78, 5) is 19.5. The molecule has 2 aliphatic heterocycles. The number of hydrogen-bond acceptors (Lipinski definition) is 5. The molecule has 1 spiro atoms. The highest BCUT2D eigenvalue weighted by Gasteiger charge is 2.42. The minimum Gasteiger partial charge on any atom is -0.394 e. The van der Waals surface area contributed by atoms with Crippen molar-refractivity contribution in [2.75, 3.05) is 26.4 Å². The Morgan fingerprint density at radius 1 is 1.36 bits per heavy atom. The number of rotatable bonds is 2. The lowest BCUT2D eigenvalue weighted by Crippen LogP contribution is -2.54. The molecule has 134 valence electrons. The maximum atomic E-state index is 13.2. The third kappa shape index (κ3) is 2.91. The van der Waals surface area contributed by atoms with E-state index in [1.54, 1.807) is 16.9 Å². The van der Waals surface area contributed by atoms with Gasteiger partial charge in [-0.05, 0) is 43.6 Å². The van der Waals surface area contributed by atoms with Crippen molar-refractivity contribution in [1.82, 2.24) is 19.5 Å². The summed E-state index contributed by atoms with van der Waals surface area (Å²) in [5, 5.41) is 14.1. The van der Waals surface area contributed by atoms with E-state index in [0.717, 1.165) is 44.5 Å². The van der Waals surface area contributed by atoms with Crippen molar-refractivity contribution in [2.45, 2.75) is 38.6 Å². The van der Waals surface area contributed by atoms with E-state index in [4.69, 9.17) is 4.74 Å². The fourth-order valence-corrected chi connectivity index (χ4v) is 4.11. The molecule has 2 aromatic rings. The van der Waals surface area contributed by atoms with Gasteiger partial charge >= 0.3 is 0 Å². The Morgan fingerprint density at radius 2 is 2.16 bits per heavy atom. The third-order valence-electron chi connectivity index (χ3n) is 5.70. The second-order valence-electron chi connectivity index (χ2n) is 7.38. The second-order valence-corrected chi connectivity index (χ2v) is 7.38. The van der Waals surface area contributed by atoms with Gasteiger partial charge in [-0.2, -0.15) is 5.10 Å². The average Bonchev–Trinajstić information content (AvgIpc) is 3.04. The molecule has 2 saturated heterocycles. The van der Waals surface area contributed by atoms with Crippen LogP contribution in [0.5, 0.6) is 0 Å². The Labute approximate surface area is 146 Å². The van der Waals surface area contributed by atoms with Crippen LogP contribution in [0.3, 0.4) is 0 Å². The van der Waals surface area contributed by atoms with Crippen LogP contribution in [0.15, 0.2) is 18.6 Å². The second kappa shape index (κ2) is 6.38. The molecule has 2 fully saturated rings. The van der Waals surface area contributed by atoms with Crippen molar-refractivity contribution >= 4 is 11.6 Å². The zero-order valence-electron chi connectivity index (χ0n) is 14.5. The molecule has 2 aliphatic rings. The first-order valence-electron chi connectivity index (χ1n) is 8.91. The third-order valence-corrected chi connectivity index (χ3v) is 5.70. The van der Waals surface area contributed by atoms with E-state index in [0.29, 0.717) is 17.8 Å². The summed E-state index contributed by atoms with van der Waals surface area (Å²) < 4.78 is 7.15. The number of carbonyl (C=O) groups excluding carboxylic acids is 1. The molecule has 7 heteroatoms. The van der Waals surface area contributed by atoms with Gasteiger partial charge in [0.15, 0.2) is 5.65 Å². The van der Waals surface area contributed by atoms with E-state index in [9.17, 15) is 9.90 Å². The number of carbonyl (C=O) groups is 1. The molecule has 2 aromatic heterocycles. The molecule has 4 heterocycles. The number of likely N-dealkylation sites (tertiary alicyclic amines) is 1. The molecule has 4 rings (SSSR count). The minimum atomic E-state index is -0.138. The summed E-state index contributed by atoms with van der Waals surface area (Å²) in [5.41, 5.74) is 2.18. The minimum absolute atomic E-state index is 0.00985. The highest BCUT2D eigenvalue weighted by atomic mass is 16.5. The van der Waals surface area contributed by atoms with E-state index >= 15 is 0 Å². The predicted octanol–water partition coefficient (Wildman–Crippen LogP) is 1.43. The van der Waals surface area contributed by atoms with Crippen molar-refractivity contribution in [3.05, 3.63) is 29.7 Å². The normalized spacial score (nSPS) is 23.3. The summed E-state index contributed by atoms with van der Waals surface area (Å²) in [6.45, 7) is 4.11. The molecule has 1 amide bonds. The highest BCUT2D eigenvalue weighted by Crippen LogP contribution is 2.41. The number of fused-ring (bicyclic) bond motifs is 1. The van der Waals surface area contributed by atoms with Gasteiger partial charge in [0.25, 0.3) is 5.91 Å². The van der Waals surface area contributed by atoms with Gasteiger partial charge in [-0.15, -0.1) is 0 Å². The van der Waals surface area contributed by atoms with Gasteiger partial charge in [-0.3, -0.25) is 4.79 Å². The Balaban J connectivity index is 1.65. The van der Waals surface area contributed by atoms with E-state index < -0.39 is 0 Å². The van der Waals surface area contributed by atoms with Crippen molar-refractivity contribution < 1.29 is 14.6 Å². The van der Waals surface area contributed by atoms with E-state index in [1.807, 2.05) is 18.0 Å². The van der Waals surface area contributed by atoms with Crippen molar-refractivity contribution in [2.24, 2.45) is 5.41 Å². The van der Waals surface area contributed by atoms with E-state index in [2.05, 4.69) is 10.1 Å². The maximum absolute atomic E-state index is 13.2. The van der Waals surface area contributed by atoms with Crippen LogP contribution in [0, 0.1) is 12.3 Å². The molecule has 0 aromatic carbocycles. The van der Waals surface area contributed by atoms with Gasteiger partial charge in [-0.1, -0.05) is 0 Å². The van der Waals surface area contributed by atoms with Gasteiger partial charge < -0.3 is 14.7 Å². The fraction of sp³-hybridized carbons (Fsp3) is 0.611. The molecule has 0 unspecified atom stereocenters. The molecular weight excluding hydrogens is 320 g/mol.